The van der Waals surface area contributed by atoms with Gasteiger partial charge in [0.05, 0.1) is 25.1 Å². The fraction of sp³-hybridized carbons (Fsp3) is 0.333. The molecule has 1 aromatic heterocycles. The Kier molecular flexibility index (Phi) is 4.70. The lowest BCUT2D eigenvalue weighted by Crippen LogP contribution is -2.15. The summed E-state index contributed by atoms with van der Waals surface area (Å²) >= 11 is 0. The highest BCUT2D eigenvalue weighted by atomic mass is 19.1. The molecule has 0 fully saturated rings. The Morgan fingerprint density at radius 2 is 2.10 bits per heavy atom. The Morgan fingerprint density at radius 1 is 1.33 bits per heavy atom. The first-order valence-electron chi connectivity index (χ1n) is 6.44. The number of benzene rings is 1. The fourth-order valence-corrected chi connectivity index (χ4v) is 1.99. The van der Waals surface area contributed by atoms with E-state index in [2.05, 4.69) is 9.84 Å². The van der Waals surface area contributed by atoms with Crippen LogP contribution in [0.15, 0.2) is 24.3 Å². The summed E-state index contributed by atoms with van der Waals surface area (Å²) in [6.07, 6.45) is 0. The van der Waals surface area contributed by atoms with Crippen LogP contribution in [-0.4, -0.2) is 30.0 Å². The number of nitrogens with zero attached hydrogens (tertiary/aromatic N) is 2. The molecule has 6 heteroatoms. The number of hydrogen-bond donors (Lipinski definition) is 0. The molecule has 0 radical (unpaired) electrons. The smallest absolute Gasteiger partial charge is 0.327 e. The second kappa shape index (κ2) is 6.49. The standard InChI is InChI=1S/C15H17FN2O3/c1-10-6-11(4-5-13(10)16)14-7-12(9-20-2)18(17-14)8-15(19)21-3/h4-7H,8-9H2,1-3H3. The van der Waals surface area contributed by atoms with Gasteiger partial charge in [-0.05, 0) is 36.8 Å². The van der Waals surface area contributed by atoms with Crippen LogP contribution in [0.3, 0.4) is 0 Å². The molecule has 1 heterocycles. The largest absolute Gasteiger partial charge is 0.468 e. The molecule has 21 heavy (non-hydrogen) atoms. The quantitative estimate of drug-likeness (QED) is 0.794. The summed E-state index contributed by atoms with van der Waals surface area (Å²) < 4.78 is 24.6. The molecule has 2 aromatic rings. The first-order chi connectivity index (χ1) is 10.0. The van der Waals surface area contributed by atoms with Crippen molar-refractivity contribution in [2.24, 2.45) is 0 Å². The van der Waals surface area contributed by atoms with Gasteiger partial charge in [-0.25, -0.2) is 4.39 Å². The monoisotopic (exact) mass is 292 g/mol. The number of methoxy groups -OCH3 is 2. The Labute approximate surface area is 122 Å². The summed E-state index contributed by atoms with van der Waals surface area (Å²) in [5.41, 5.74) is 2.74. The zero-order valence-corrected chi connectivity index (χ0v) is 12.2. The van der Waals surface area contributed by atoms with Gasteiger partial charge >= 0.3 is 5.97 Å². The third kappa shape index (κ3) is 3.46. The van der Waals surface area contributed by atoms with Crippen LogP contribution in [0.5, 0.6) is 0 Å². The van der Waals surface area contributed by atoms with Crippen molar-refractivity contribution in [3.63, 3.8) is 0 Å². The van der Waals surface area contributed by atoms with Crippen LogP contribution >= 0.6 is 0 Å². The van der Waals surface area contributed by atoms with Crippen molar-refractivity contribution in [1.29, 1.82) is 0 Å². The number of carbonyl (C=O) groups is 1. The van der Waals surface area contributed by atoms with Crippen LogP contribution in [-0.2, 0) is 27.4 Å². The molecule has 0 saturated carbocycles. The molecule has 0 N–H and O–H groups in total. The average molecular weight is 292 g/mol. The minimum absolute atomic E-state index is 0.00930. The molecular formula is C15H17FN2O3. The second-order valence-electron chi connectivity index (χ2n) is 4.65. The number of carbonyl (C=O) groups excluding carboxylic acids is 1. The maximum absolute atomic E-state index is 13.3. The van der Waals surface area contributed by atoms with Gasteiger partial charge in [0.15, 0.2) is 0 Å². The lowest BCUT2D eigenvalue weighted by molar-refractivity contribution is -0.141. The molecule has 0 amide bonds. The number of aryl methyl sites for hydroxylation is 1. The zero-order chi connectivity index (χ0) is 15.4. The van der Waals surface area contributed by atoms with E-state index in [1.165, 1.54) is 17.9 Å². The molecule has 0 aliphatic heterocycles. The summed E-state index contributed by atoms with van der Waals surface area (Å²) in [7, 11) is 2.89. The number of halogens is 1. The fourth-order valence-electron chi connectivity index (χ4n) is 1.99. The van der Waals surface area contributed by atoms with Gasteiger partial charge < -0.3 is 9.47 Å². The highest BCUT2D eigenvalue weighted by Gasteiger charge is 2.13. The third-order valence-corrected chi connectivity index (χ3v) is 3.12. The topological polar surface area (TPSA) is 53.4 Å². The molecular weight excluding hydrogens is 275 g/mol. The van der Waals surface area contributed by atoms with Crippen LogP contribution < -0.4 is 0 Å². The van der Waals surface area contributed by atoms with Gasteiger partial charge in [-0.1, -0.05) is 0 Å². The average Bonchev–Trinajstić information content (AvgIpc) is 2.85. The van der Waals surface area contributed by atoms with E-state index in [9.17, 15) is 9.18 Å². The first kappa shape index (κ1) is 15.2. The molecule has 112 valence electrons. The summed E-state index contributed by atoms with van der Waals surface area (Å²) in [4.78, 5) is 11.4. The molecule has 0 unspecified atom stereocenters. The van der Waals surface area contributed by atoms with E-state index in [4.69, 9.17) is 4.74 Å². The summed E-state index contributed by atoms with van der Waals surface area (Å²) in [5.74, 6) is -0.651. The highest BCUT2D eigenvalue weighted by molar-refractivity contribution is 5.69. The van der Waals surface area contributed by atoms with E-state index in [1.54, 1.807) is 26.2 Å². The van der Waals surface area contributed by atoms with Crippen molar-refractivity contribution in [3.8, 4) is 11.3 Å². The van der Waals surface area contributed by atoms with Gasteiger partial charge in [0, 0.05) is 12.7 Å². The number of hydrogen-bond acceptors (Lipinski definition) is 4. The van der Waals surface area contributed by atoms with Gasteiger partial charge in [-0.15, -0.1) is 0 Å². The molecule has 0 aliphatic rings. The number of esters is 1. The summed E-state index contributed by atoms with van der Waals surface area (Å²) in [6, 6.07) is 6.60. The van der Waals surface area contributed by atoms with Crippen LogP contribution in [0.1, 0.15) is 11.3 Å². The molecule has 5 nitrogen and oxygen atoms in total. The van der Waals surface area contributed by atoms with E-state index >= 15 is 0 Å². The summed E-state index contributed by atoms with van der Waals surface area (Å²) in [5, 5.41) is 4.37. The third-order valence-electron chi connectivity index (χ3n) is 3.12. The van der Waals surface area contributed by atoms with Crippen LogP contribution in [0.4, 0.5) is 4.39 Å². The molecule has 2 rings (SSSR count). The van der Waals surface area contributed by atoms with Gasteiger partial charge in [0.1, 0.15) is 12.4 Å². The van der Waals surface area contributed by atoms with E-state index < -0.39 is 5.97 Å². The zero-order valence-electron chi connectivity index (χ0n) is 12.2. The second-order valence-corrected chi connectivity index (χ2v) is 4.65. The first-order valence-corrected chi connectivity index (χ1v) is 6.44. The van der Waals surface area contributed by atoms with Crippen LogP contribution in [0, 0.1) is 12.7 Å². The van der Waals surface area contributed by atoms with E-state index in [0.717, 1.165) is 11.3 Å². The molecule has 1 aromatic carbocycles. The lowest BCUT2D eigenvalue weighted by atomic mass is 10.1. The number of rotatable bonds is 5. The molecule has 0 atom stereocenters. The van der Waals surface area contributed by atoms with Crippen molar-refractivity contribution < 1.29 is 18.7 Å². The van der Waals surface area contributed by atoms with Crippen molar-refractivity contribution in [3.05, 3.63) is 41.3 Å². The van der Waals surface area contributed by atoms with Crippen molar-refractivity contribution in [2.45, 2.75) is 20.1 Å². The normalized spacial score (nSPS) is 10.7. The van der Waals surface area contributed by atoms with Crippen molar-refractivity contribution >= 4 is 5.97 Å². The molecule has 0 bridgehead atoms. The Morgan fingerprint density at radius 3 is 2.71 bits per heavy atom. The number of ether oxygens (including phenoxy) is 2. The van der Waals surface area contributed by atoms with Crippen molar-refractivity contribution in [2.75, 3.05) is 14.2 Å². The highest BCUT2D eigenvalue weighted by Crippen LogP contribution is 2.22. The van der Waals surface area contributed by atoms with Gasteiger partial charge in [0.25, 0.3) is 0 Å². The van der Waals surface area contributed by atoms with Crippen molar-refractivity contribution in [1.82, 2.24) is 9.78 Å². The maximum atomic E-state index is 13.3. The van der Waals surface area contributed by atoms with Crippen LogP contribution in [0.25, 0.3) is 11.3 Å². The van der Waals surface area contributed by atoms with Gasteiger partial charge in [0.2, 0.25) is 0 Å². The van der Waals surface area contributed by atoms with E-state index in [-0.39, 0.29) is 12.4 Å². The lowest BCUT2D eigenvalue weighted by Gasteiger charge is -2.04. The van der Waals surface area contributed by atoms with E-state index in [0.29, 0.717) is 17.9 Å². The Balaban J connectivity index is 2.37. The maximum Gasteiger partial charge on any atom is 0.327 e. The SMILES string of the molecule is COCc1cc(-c2ccc(F)c(C)c2)nn1CC(=O)OC. The van der Waals surface area contributed by atoms with Crippen LogP contribution in [0.2, 0.25) is 0 Å². The Hall–Kier alpha value is -2.21. The van der Waals surface area contributed by atoms with E-state index in [1.807, 2.05) is 6.07 Å². The predicted molar refractivity (Wildman–Crippen MR) is 75.1 cm³/mol. The predicted octanol–water partition coefficient (Wildman–Crippen LogP) is 2.32. The summed E-state index contributed by atoms with van der Waals surface area (Å²) in [6.45, 7) is 2.03. The molecule has 0 spiro atoms. The molecule has 0 saturated heterocycles. The minimum atomic E-state index is -0.391. The van der Waals surface area contributed by atoms with Gasteiger partial charge in [-0.2, -0.15) is 5.10 Å². The number of aromatic nitrogens is 2. The minimum Gasteiger partial charge on any atom is -0.468 e. The van der Waals surface area contributed by atoms with Gasteiger partial charge in [-0.3, -0.25) is 9.48 Å². The molecule has 0 aliphatic carbocycles. The Bertz CT molecular complexity index is 652.